The molecule has 816 valence electrons. The predicted molar refractivity (Wildman–Crippen MR) is 613 cm³/mol. The first-order valence-corrected chi connectivity index (χ1v) is 65.4. The molecule has 0 bridgehead atoms. The maximum absolute atomic E-state index is 13.9. The first-order valence-electron chi connectivity index (χ1n) is 51.3. The van der Waals surface area contributed by atoms with Gasteiger partial charge in [0.05, 0.1) is 85.7 Å². The van der Waals surface area contributed by atoms with Gasteiger partial charge in [-0.3, -0.25) is 24.2 Å². The number of carbonyl (C=O) groups excluding carboxylic acids is 4. The summed E-state index contributed by atoms with van der Waals surface area (Å²) in [6.45, 7) is 66.4. The van der Waals surface area contributed by atoms with Gasteiger partial charge in [-0.25, -0.2) is 36.5 Å². The molecule has 5 aliphatic rings. The number of nitrogen functional groups attached to an aromatic ring is 1. The first kappa shape index (κ1) is 155. The maximum Gasteiger partial charge on any atom is 2.00 e. The molecule has 7 aromatic carbocycles. The average Bonchev–Trinajstić information content (AvgIpc) is 1.58. The number of aliphatic hydroxyl groups excluding tert-OH is 4. The van der Waals surface area contributed by atoms with Gasteiger partial charge in [0, 0.05) is 91.7 Å². The Balaban J connectivity index is -0.000000390. The fourth-order valence-corrected chi connectivity index (χ4v) is 26.0. The van der Waals surface area contributed by atoms with E-state index >= 15 is 0 Å². The minimum absolute atomic E-state index is 0. The van der Waals surface area contributed by atoms with Crippen molar-refractivity contribution in [1.82, 2.24) is 4.72 Å². The Morgan fingerprint density at radius 1 is 0.600 bits per heavy atom. The number of unbranched alkanes of at least 4 members (excludes halogenated alkanes) is 3. The zero-order chi connectivity index (χ0) is 110. The summed E-state index contributed by atoms with van der Waals surface area (Å²) in [6, 6.07) is 51.9. The normalized spacial score (nSPS) is 13.6. The van der Waals surface area contributed by atoms with Crippen molar-refractivity contribution in [3.8, 4) is 12.1 Å². The van der Waals surface area contributed by atoms with Crippen molar-refractivity contribution in [1.29, 1.82) is 10.5 Å². The molecule has 0 radical (unpaired) electrons. The molecule has 0 heterocycles. The van der Waals surface area contributed by atoms with Crippen LogP contribution in [0.4, 0.5) is 37.2 Å². The second-order valence-electron chi connectivity index (χ2n) is 42.3. The molecule has 2 unspecified atom stereocenters. The number of hydrogen-bond acceptors (Lipinski definition) is 16. The van der Waals surface area contributed by atoms with Crippen molar-refractivity contribution in [3.05, 3.63) is 266 Å². The molecule has 5 fully saturated rings. The molecule has 12 rings (SSSR count). The van der Waals surface area contributed by atoms with Crippen LogP contribution in [0.25, 0.3) is 14.5 Å². The van der Waals surface area contributed by atoms with Gasteiger partial charge in [0.2, 0.25) is 0 Å². The quantitative estimate of drug-likeness (QED) is 0.00392. The number of ketones is 3. The molecular formula is C117H174BrF2KMgN10O12S2Si2SnTi. The molecule has 10 N–H and O–H groups in total. The van der Waals surface area contributed by atoms with Crippen molar-refractivity contribution in [3.63, 3.8) is 0 Å². The van der Waals surface area contributed by atoms with Gasteiger partial charge < -0.3 is 62.4 Å². The average molecular weight is 2380 g/mol. The molecule has 22 nitrogen and oxygen atoms in total. The molecule has 7 aromatic rings. The number of rotatable bonds is 32. The number of Topliss-reactive ketones (excluding diaryl/α,β-unsaturated/α-hetero) is 2. The summed E-state index contributed by atoms with van der Waals surface area (Å²) < 4.78 is 77.5. The second-order valence-corrected chi connectivity index (χ2v) is 63.3. The van der Waals surface area contributed by atoms with Crippen LogP contribution in [0.2, 0.25) is 38.0 Å². The van der Waals surface area contributed by atoms with Crippen LogP contribution in [0.1, 0.15) is 346 Å². The van der Waals surface area contributed by atoms with E-state index in [1.54, 1.807) is 184 Å². The number of aliphatic hydroxyl groups is 4. The molecule has 33 heteroatoms. The third kappa shape index (κ3) is 75.9. The van der Waals surface area contributed by atoms with Crippen LogP contribution < -0.4 is 88.5 Å². The zero-order valence-electron chi connectivity index (χ0n) is 94.7. The van der Waals surface area contributed by atoms with Crippen LogP contribution >= 0.6 is 0 Å². The second kappa shape index (κ2) is 84.4. The van der Waals surface area contributed by atoms with Gasteiger partial charge in [-0.1, -0.05) is 170 Å². The topological polar surface area (TPSA) is 371 Å². The van der Waals surface area contributed by atoms with Crippen LogP contribution in [0.15, 0.2) is 175 Å². The van der Waals surface area contributed by atoms with Gasteiger partial charge in [-0.2, -0.15) is 28.7 Å². The van der Waals surface area contributed by atoms with Gasteiger partial charge in [0.15, 0.2) is 34.4 Å². The fraction of sp³-hybridized carbons (Fsp3) is 0.538. The van der Waals surface area contributed by atoms with Gasteiger partial charge in [-0.05, 0) is 275 Å². The van der Waals surface area contributed by atoms with E-state index in [9.17, 15) is 46.1 Å². The van der Waals surface area contributed by atoms with E-state index in [4.69, 9.17) is 56.3 Å². The number of carbonyl (C=O) groups is 4. The number of benzene rings is 7. The molecule has 5 aliphatic carbocycles. The van der Waals surface area contributed by atoms with Crippen molar-refractivity contribution >= 4 is 140 Å². The Morgan fingerprint density at radius 3 is 1.37 bits per heavy atom. The number of anilines is 2. The van der Waals surface area contributed by atoms with E-state index in [-0.39, 0.29) is 182 Å². The Labute approximate surface area is 1000 Å². The molecule has 3 atom stereocenters. The van der Waals surface area contributed by atoms with E-state index in [2.05, 4.69) is 82.5 Å². The van der Waals surface area contributed by atoms with Crippen molar-refractivity contribution in [2.24, 2.45) is 39.4 Å². The summed E-state index contributed by atoms with van der Waals surface area (Å²) in [7, 11) is -4.13. The number of aldehydes is 1. The number of nitrogens with one attached hydrogen (secondary N) is 1. The van der Waals surface area contributed by atoms with Crippen LogP contribution in [0, 0.1) is 89.7 Å². The fourth-order valence-electron chi connectivity index (χ4n) is 12.4. The Kier molecular flexibility index (Phi) is 87.1. The van der Waals surface area contributed by atoms with Gasteiger partial charge >= 0.3 is 176 Å². The van der Waals surface area contributed by atoms with E-state index in [1.807, 2.05) is 116 Å². The monoisotopic (exact) mass is 2380 g/mol. The van der Waals surface area contributed by atoms with Crippen LogP contribution in [-0.4, -0.2) is 165 Å². The summed E-state index contributed by atoms with van der Waals surface area (Å²) in [5.74, 6) is 2.83. The number of halogens is 3. The van der Waals surface area contributed by atoms with E-state index in [1.165, 1.54) is 109 Å². The Bertz CT molecular complexity index is 5330. The molecule has 150 heavy (non-hydrogen) atoms. The standard InChI is InChI=1S/C23H28FN3OS.C17H22N2OSi.C13H13NO.C13H11NO.C10H15FNSi.C9H7NO.C4H11NOS.C4H6O.3C4H9.4C3H8O.BrH.K.Mg.H2O.Sn.Ti.H/c1-22(2,3)29(28)27-23(12-11-16-7-8-16,18-6-4-5-17(13-18)15-25)19-9-10-20(24)21(26)14-19;1-17(2,3)21(20)19-16(10-9-13-7-8-13)15-6-4-5-14(11-15)12-18;2*1-14-12-4-2-3-11(9-12)13(15)8-7-10-5-6-10;1-12(13(2,3)4)10-8-6-5-7-9(10)11;1-7(11)8-4-3-5-9(6-8)10-2;1-4(2,3)7(5)6;5-3-4-1-2-4;3*1-3-4-2;4*1-3(2)4;;;;;;;/h4-6,9-10,13-14,16,27H,7-8,11-12,26H2,1-3H3;4-6,11,13H,7-10H2,1-3H3;2-4,9-10H,5-8H2;2-4,7-10H,5-6H2;5,7-8H,1-4H3;3-6H,1H3;5H2,1-3H3;3-4H,1-2H2;3*1,3-4H2,2H3;4*3-4H,1-2H3;1H;;;1H2;;;/q;;;;-1;;;;;;;;;;;;+1;+2;;;;/p-2/b;;;8-7+;;;;;;;;;;;;;;;;;;/t;;;;;;7-;;;;;;;;;;;;;;;/m......1.............../s1. The Hall–Kier alpha value is -5.81. The number of hydrogen-bond donors (Lipinski definition) is 7. The van der Waals surface area contributed by atoms with E-state index in [0.717, 1.165) is 79.0 Å². The molecule has 5 saturated carbocycles. The molecule has 0 spiro atoms. The summed E-state index contributed by atoms with van der Waals surface area (Å²) in [6.07, 6.45) is 30.3. The molecule has 0 amide bonds. The van der Waals surface area contributed by atoms with E-state index < -0.39 is 74.9 Å². The molecular weight excluding hydrogens is 2210 g/mol. The zero-order valence-corrected chi connectivity index (χ0v) is 109. The Morgan fingerprint density at radius 2 is 0.993 bits per heavy atom. The minimum atomic E-state index is -2.04. The van der Waals surface area contributed by atoms with Crippen LogP contribution in [0.5, 0.6) is 0 Å². The van der Waals surface area contributed by atoms with Gasteiger partial charge in [-0.15, -0.1) is 6.07 Å². The summed E-state index contributed by atoms with van der Waals surface area (Å²) in [5.41, 5.74) is 13.8. The third-order valence-electron chi connectivity index (χ3n) is 22.1. The third-order valence-corrected chi connectivity index (χ3v) is 39.5. The number of allylic oxidation sites excluding steroid dienone is 2. The largest absolute Gasteiger partial charge is 2.00 e. The summed E-state index contributed by atoms with van der Waals surface area (Å²) in [5, 5.41) is 55.4. The SMILES string of the molecule is CC(C)(C)S(=O)NC(CCC1CC1)(c1cccc(C#N)c1)c1ccc(F)c(N)c1.CC(C)(C)[S@](N)=O.CC(C)(C)[Si](=O)N=C(CCC1CC1)c1cccc(C#N)c1.CC(C)O.CC(C)O.CC(C)O.CC(C)O.CCC[CH2][SnH]([CH2]CCC)[CH2]CCC.CN(c1c[c-]ccc1F)[Si](C)(C)C.O=CC1CC1.[Br-].[C-]#[N+]c1cccc(C(=O)/C=C/C2CC2)c1.[C-]#[N+]c1cccc(C(=O)CCC2CC2)c1.[C-]#[N+]c1cccc(C(C)=O)c1.[K+].[Mg+2].[OH-].[Ti]. The number of nitrogens with zero attached hydrogens (tertiary/aromatic N) is 7. The van der Waals surface area contributed by atoms with Crippen molar-refractivity contribution < 1.29 is 157 Å². The van der Waals surface area contributed by atoms with E-state index in [0.29, 0.717) is 81.2 Å². The first-order chi connectivity index (χ1) is 67.9. The van der Waals surface area contributed by atoms with Crippen LogP contribution in [-0.2, 0) is 58.5 Å². The van der Waals surface area contributed by atoms with Crippen LogP contribution in [0.3, 0.4) is 0 Å². The van der Waals surface area contributed by atoms with Crippen molar-refractivity contribution in [2.45, 2.75) is 364 Å². The van der Waals surface area contributed by atoms with Crippen molar-refractivity contribution in [2.75, 3.05) is 17.3 Å². The molecule has 0 saturated heterocycles. The maximum atomic E-state index is 13.9. The van der Waals surface area contributed by atoms with Gasteiger partial charge in [0.25, 0.3) is 0 Å². The number of nitrogens with two attached hydrogens (primary N) is 2. The predicted octanol–water partition coefficient (Wildman–Crippen LogP) is 22.0. The summed E-state index contributed by atoms with van der Waals surface area (Å²) in [4.78, 5) is 53.6. The minimum Gasteiger partial charge on any atom is -1.00 e. The summed E-state index contributed by atoms with van der Waals surface area (Å²) >= 11 is -0.967. The number of nitriles is 2. The smallest absolute Gasteiger partial charge is 1.00 e. The molecule has 0 aliphatic heterocycles. The molecule has 0 aromatic heterocycles. The van der Waals surface area contributed by atoms with Gasteiger partial charge in [0.1, 0.15) is 20.3 Å².